The van der Waals surface area contributed by atoms with Gasteiger partial charge in [-0.25, -0.2) is 0 Å². The highest BCUT2D eigenvalue weighted by Gasteiger charge is 2.50. The van der Waals surface area contributed by atoms with Gasteiger partial charge in [-0.05, 0) is 18.4 Å². The molecule has 78 valence electrons. The number of nitrogens with one attached hydrogen (secondary N) is 1. The first kappa shape index (κ1) is 10.8. The maximum atomic E-state index is 12.5. The molecule has 0 aromatic heterocycles. The fraction of sp³-hybridized carbons (Fsp3) is 1.00. The van der Waals surface area contributed by atoms with Gasteiger partial charge in [0.05, 0.1) is 5.92 Å². The number of rotatable bonds is 0. The quantitative estimate of drug-likeness (QED) is 0.626. The van der Waals surface area contributed by atoms with Gasteiger partial charge >= 0.3 is 6.18 Å². The molecule has 1 N–H and O–H groups in total. The molecular weight excluding hydrogens is 179 g/mol. The molecule has 0 amide bonds. The minimum atomic E-state index is -4.05. The van der Waals surface area contributed by atoms with Crippen molar-refractivity contribution in [2.45, 2.75) is 39.4 Å². The maximum absolute atomic E-state index is 12.5. The summed E-state index contributed by atoms with van der Waals surface area (Å²) in [4.78, 5) is 0. The fourth-order valence-electron chi connectivity index (χ4n) is 1.97. The SMILES string of the molecule is CC(C)(C)C1NCCC1C(F)(F)F. The molecule has 1 fully saturated rings. The normalized spacial score (nSPS) is 30.9. The molecule has 2 unspecified atom stereocenters. The average molecular weight is 195 g/mol. The lowest BCUT2D eigenvalue weighted by atomic mass is 9.80. The highest BCUT2D eigenvalue weighted by Crippen LogP contribution is 2.40. The molecule has 1 rings (SSSR count). The molecule has 0 saturated carbocycles. The summed E-state index contributed by atoms with van der Waals surface area (Å²) in [5, 5.41) is 2.93. The first-order chi connectivity index (χ1) is 5.73. The minimum Gasteiger partial charge on any atom is -0.313 e. The zero-order chi connectivity index (χ0) is 10.3. The van der Waals surface area contributed by atoms with E-state index < -0.39 is 18.1 Å². The van der Waals surface area contributed by atoms with E-state index in [2.05, 4.69) is 5.32 Å². The summed E-state index contributed by atoms with van der Waals surface area (Å²) in [6, 6.07) is -0.438. The van der Waals surface area contributed by atoms with Gasteiger partial charge in [-0.15, -0.1) is 0 Å². The van der Waals surface area contributed by atoms with Crippen molar-refractivity contribution in [3.8, 4) is 0 Å². The van der Waals surface area contributed by atoms with E-state index in [1.807, 2.05) is 20.8 Å². The Morgan fingerprint density at radius 1 is 1.15 bits per heavy atom. The Kier molecular flexibility index (Phi) is 2.63. The van der Waals surface area contributed by atoms with E-state index in [0.717, 1.165) is 0 Å². The standard InChI is InChI=1S/C9H16F3N/c1-8(2,3)7-6(4-5-13-7)9(10,11)12/h6-7,13H,4-5H2,1-3H3. The largest absolute Gasteiger partial charge is 0.393 e. The van der Waals surface area contributed by atoms with Crippen molar-refractivity contribution < 1.29 is 13.2 Å². The van der Waals surface area contributed by atoms with Gasteiger partial charge in [-0.1, -0.05) is 20.8 Å². The maximum Gasteiger partial charge on any atom is 0.393 e. The highest BCUT2D eigenvalue weighted by atomic mass is 19.4. The summed E-state index contributed by atoms with van der Waals surface area (Å²) in [5.41, 5.74) is -0.323. The van der Waals surface area contributed by atoms with Crippen LogP contribution in [0.3, 0.4) is 0 Å². The Labute approximate surface area is 76.7 Å². The van der Waals surface area contributed by atoms with E-state index in [1.54, 1.807) is 0 Å². The van der Waals surface area contributed by atoms with Gasteiger partial charge < -0.3 is 5.32 Å². The average Bonchev–Trinajstić information content (AvgIpc) is 2.27. The predicted molar refractivity (Wildman–Crippen MR) is 45.4 cm³/mol. The van der Waals surface area contributed by atoms with Crippen LogP contribution in [-0.4, -0.2) is 18.8 Å². The second kappa shape index (κ2) is 3.15. The van der Waals surface area contributed by atoms with Gasteiger partial charge in [0.1, 0.15) is 0 Å². The van der Waals surface area contributed by atoms with E-state index in [9.17, 15) is 13.2 Å². The van der Waals surface area contributed by atoms with Crippen LogP contribution in [-0.2, 0) is 0 Å². The number of hydrogen-bond acceptors (Lipinski definition) is 1. The van der Waals surface area contributed by atoms with E-state index in [-0.39, 0.29) is 11.8 Å². The van der Waals surface area contributed by atoms with Crippen LogP contribution in [0.2, 0.25) is 0 Å². The first-order valence-corrected chi connectivity index (χ1v) is 4.53. The zero-order valence-electron chi connectivity index (χ0n) is 8.20. The lowest BCUT2D eigenvalue weighted by molar-refractivity contribution is -0.182. The number of hydrogen-bond donors (Lipinski definition) is 1. The molecule has 1 aliphatic rings. The fourth-order valence-corrected chi connectivity index (χ4v) is 1.97. The smallest absolute Gasteiger partial charge is 0.313 e. The second-order valence-corrected chi connectivity index (χ2v) is 4.73. The van der Waals surface area contributed by atoms with Crippen LogP contribution in [0.1, 0.15) is 27.2 Å². The van der Waals surface area contributed by atoms with Gasteiger partial charge in [0.2, 0.25) is 0 Å². The van der Waals surface area contributed by atoms with Gasteiger partial charge in [-0.2, -0.15) is 13.2 Å². The van der Waals surface area contributed by atoms with Crippen molar-refractivity contribution in [1.29, 1.82) is 0 Å². The Morgan fingerprint density at radius 3 is 2.00 bits per heavy atom. The van der Waals surface area contributed by atoms with Gasteiger partial charge in [0.15, 0.2) is 0 Å². The molecule has 1 aliphatic heterocycles. The lowest BCUT2D eigenvalue weighted by Gasteiger charge is -2.33. The van der Waals surface area contributed by atoms with E-state index >= 15 is 0 Å². The molecule has 0 aromatic carbocycles. The summed E-state index contributed by atoms with van der Waals surface area (Å²) >= 11 is 0. The monoisotopic (exact) mass is 195 g/mol. The molecule has 2 atom stereocenters. The topological polar surface area (TPSA) is 12.0 Å². The summed E-state index contributed by atoms with van der Waals surface area (Å²) < 4.78 is 37.5. The zero-order valence-corrected chi connectivity index (χ0v) is 8.20. The number of alkyl halides is 3. The molecule has 0 aliphatic carbocycles. The van der Waals surface area contributed by atoms with Crippen LogP contribution in [0, 0.1) is 11.3 Å². The van der Waals surface area contributed by atoms with Crippen LogP contribution < -0.4 is 5.32 Å². The van der Waals surface area contributed by atoms with E-state index in [1.165, 1.54) is 0 Å². The van der Waals surface area contributed by atoms with Crippen molar-refractivity contribution in [2.75, 3.05) is 6.54 Å². The summed E-state index contributed by atoms with van der Waals surface area (Å²) in [6.07, 6.45) is -3.84. The van der Waals surface area contributed by atoms with E-state index in [4.69, 9.17) is 0 Å². The van der Waals surface area contributed by atoms with Crippen LogP contribution in [0.25, 0.3) is 0 Å². The molecule has 0 aromatic rings. The van der Waals surface area contributed by atoms with Crippen molar-refractivity contribution in [2.24, 2.45) is 11.3 Å². The van der Waals surface area contributed by atoms with Crippen LogP contribution in [0.5, 0.6) is 0 Å². The van der Waals surface area contributed by atoms with Crippen molar-refractivity contribution in [3.63, 3.8) is 0 Å². The summed E-state index contributed by atoms with van der Waals surface area (Å²) in [7, 11) is 0. The van der Waals surface area contributed by atoms with E-state index in [0.29, 0.717) is 6.54 Å². The number of halogens is 3. The summed E-state index contributed by atoms with van der Waals surface area (Å²) in [6.45, 7) is 6.00. The van der Waals surface area contributed by atoms with Gasteiger partial charge in [0.25, 0.3) is 0 Å². The molecule has 0 bridgehead atoms. The third-order valence-corrected chi connectivity index (χ3v) is 2.58. The molecule has 4 heteroatoms. The molecule has 0 radical (unpaired) electrons. The third kappa shape index (κ3) is 2.36. The highest BCUT2D eigenvalue weighted by molar-refractivity contribution is 4.94. The second-order valence-electron chi connectivity index (χ2n) is 4.73. The first-order valence-electron chi connectivity index (χ1n) is 4.53. The predicted octanol–water partition coefficient (Wildman–Crippen LogP) is 2.57. The Morgan fingerprint density at radius 2 is 1.69 bits per heavy atom. The van der Waals surface area contributed by atoms with Crippen LogP contribution >= 0.6 is 0 Å². The molecule has 1 nitrogen and oxygen atoms in total. The molecule has 1 saturated heterocycles. The molecular formula is C9H16F3N. The van der Waals surface area contributed by atoms with Crippen LogP contribution in [0.15, 0.2) is 0 Å². The minimum absolute atomic E-state index is 0.214. The Balaban J connectivity index is 2.76. The van der Waals surface area contributed by atoms with Crippen LogP contribution in [0.4, 0.5) is 13.2 Å². The van der Waals surface area contributed by atoms with Crippen molar-refractivity contribution >= 4 is 0 Å². The molecule has 0 spiro atoms. The molecule has 13 heavy (non-hydrogen) atoms. The van der Waals surface area contributed by atoms with Gasteiger partial charge in [0, 0.05) is 6.04 Å². The lowest BCUT2D eigenvalue weighted by Crippen LogP contribution is -2.44. The van der Waals surface area contributed by atoms with Gasteiger partial charge in [-0.3, -0.25) is 0 Å². The Hall–Kier alpha value is -0.250. The van der Waals surface area contributed by atoms with Crippen molar-refractivity contribution in [1.82, 2.24) is 5.32 Å². The third-order valence-electron chi connectivity index (χ3n) is 2.58. The molecule has 1 heterocycles. The summed E-state index contributed by atoms with van der Waals surface area (Å²) in [5.74, 6) is -1.17. The van der Waals surface area contributed by atoms with Crippen molar-refractivity contribution in [3.05, 3.63) is 0 Å². The Bertz CT molecular complexity index is 160.